The molecule has 0 bridgehead atoms. The van der Waals surface area contributed by atoms with Gasteiger partial charge in [0.2, 0.25) is 11.8 Å². The van der Waals surface area contributed by atoms with Crippen molar-refractivity contribution in [1.29, 1.82) is 0 Å². The molecular formula is C36H43N3O9. The number of alkyl carbamates (subject to hydrolysis) is 1. The van der Waals surface area contributed by atoms with Crippen LogP contribution < -0.4 is 16.0 Å². The standard InChI is InChI=1S/C36H43N3O9/c1-36(2,3)48-35(44)39-30(25-45-22-26-13-7-4-8-14-26)33(42)37-21-31(40)38-29(34(43)47-24-28-17-11-6-12-18-28)19-20-32(41)46-23-27-15-9-5-10-16-27/h4-18,29-30H,19-25H2,1-3H3,(H,37,42)(H,38,40)(H,39,44)/t29-,30-/m1/s1. The molecule has 0 fully saturated rings. The Morgan fingerprint density at radius 2 is 1.19 bits per heavy atom. The summed E-state index contributed by atoms with van der Waals surface area (Å²) in [7, 11) is 0. The summed E-state index contributed by atoms with van der Waals surface area (Å²) in [5.41, 5.74) is 1.60. The number of carbonyl (C=O) groups is 5. The lowest BCUT2D eigenvalue weighted by Crippen LogP contribution is -2.53. The Kier molecular flexibility index (Phi) is 15.1. The third-order valence-electron chi connectivity index (χ3n) is 6.55. The zero-order valence-corrected chi connectivity index (χ0v) is 27.4. The summed E-state index contributed by atoms with van der Waals surface area (Å²) >= 11 is 0. The van der Waals surface area contributed by atoms with Crippen molar-refractivity contribution >= 4 is 29.8 Å². The minimum absolute atomic E-state index is 0.0395. The van der Waals surface area contributed by atoms with Crippen LogP contribution in [-0.2, 0) is 57.9 Å². The van der Waals surface area contributed by atoms with Gasteiger partial charge < -0.3 is 34.9 Å². The van der Waals surface area contributed by atoms with Gasteiger partial charge in [0, 0.05) is 6.42 Å². The van der Waals surface area contributed by atoms with E-state index in [1.807, 2.05) is 66.7 Å². The summed E-state index contributed by atoms with van der Waals surface area (Å²) in [6.07, 6.45) is -1.11. The molecule has 0 aromatic heterocycles. The van der Waals surface area contributed by atoms with Gasteiger partial charge in [-0.2, -0.15) is 0 Å². The molecule has 3 aromatic rings. The third-order valence-corrected chi connectivity index (χ3v) is 6.55. The van der Waals surface area contributed by atoms with E-state index in [1.165, 1.54) is 0 Å². The predicted molar refractivity (Wildman–Crippen MR) is 176 cm³/mol. The number of esters is 2. The van der Waals surface area contributed by atoms with Gasteiger partial charge in [0.1, 0.15) is 30.9 Å². The maximum Gasteiger partial charge on any atom is 0.408 e. The second-order valence-electron chi connectivity index (χ2n) is 11.8. The summed E-state index contributed by atoms with van der Waals surface area (Å²) < 4.78 is 21.7. The molecule has 0 radical (unpaired) electrons. The summed E-state index contributed by atoms with van der Waals surface area (Å²) in [6, 6.07) is 25.0. The normalized spacial score (nSPS) is 12.1. The third kappa shape index (κ3) is 14.9. The smallest absolute Gasteiger partial charge is 0.408 e. The number of rotatable bonds is 17. The van der Waals surface area contributed by atoms with Crippen molar-refractivity contribution in [2.45, 2.75) is 71.1 Å². The molecule has 2 atom stereocenters. The Labute approximate surface area is 280 Å². The van der Waals surface area contributed by atoms with Crippen molar-refractivity contribution < 1.29 is 42.9 Å². The van der Waals surface area contributed by atoms with Crippen molar-refractivity contribution in [3.8, 4) is 0 Å². The van der Waals surface area contributed by atoms with Crippen LogP contribution in [0.2, 0.25) is 0 Å². The molecule has 3 aromatic carbocycles. The van der Waals surface area contributed by atoms with Gasteiger partial charge in [-0.15, -0.1) is 0 Å². The number of ether oxygens (including phenoxy) is 4. The van der Waals surface area contributed by atoms with E-state index in [0.29, 0.717) is 0 Å². The molecule has 12 nitrogen and oxygen atoms in total. The fourth-order valence-corrected chi connectivity index (χ4v) is 4.19. The minimum Gasteiger partial charge on any atom is -0.461 e. The first-order chi connectivity index (χ1) is 23.0. The summed E-state index contributed by atoms with van der Waals surface area (Å²) in [4.78, 5) is 63.9. The number of nitrogens with one attached hydrogen (secondary N) is 3. The number of carbonyl (C=O) groups excluding carboxylic acids is 5. The highest BCUT2D eigenvalue weighted by molar-refractivity contribution is 5.91. The van der Waals surface area contributed by atoms with Gasteiger partial charge in [-0.25, -0.2) is 9.59 Å². The molecule has 0 saturated carbocycles. The van der Waals surface area contributed by atoms with Crippen LogP contribution in [0.1, 0.15) is 50.3 Å². The molecule has 48 heavy (non-hydrogen) atoms. The van der Waals surface area contributed by atoms with E-state index in [1.54, 1.807) is 45.0 Å². The van der Waals surface area contributed by atoms with E-state index in [4.69, 9.17) is 18.9 Å². The van der Waals surface area contributed by atoms with Crippen LogP contribution in [0, 0.1) is 0 Å². The Balaban J connectivity index is 1.58. The highest BCUT2D eigenvalue weighted by Gasteiger charge is 2.27. The van der Waals surface area contributed by atoms with Crippen molar-refractivity contribution in [3.63, 3.8) is 0 Å². The van der Waals surface area contributed by atoms with Crippen LogP contribution >= 0.6 is 0 Å². The van der Waals surface area contributed by atoms with Crippen LogP contribution in [0.4, 0.5) is 4.79 Å². The Hall–Kier alpha value is -5.23. The average molecular weight is 662 g/mol. The fraction of sp³-hybridized carbons (Fsp3) is 0.361. The van der Waals surface area contributed by atoms with Gasteiger partial charge >= 0.3 is 18.0 Å². The summed E-state index contributed by atoms with van der Waals surface area (Å²) in [5, 5.41) is 7.47. The number of hydrogen-bond acceptors (Lipinski definition) is 9. The zero-order chi connectivity index (χ0) is 34.8. The van der Waals surface area contributed by atoms with Gasteiger partial charge in [0.05, 0.1) is 19.8 Å². The van der Waals surface area contributed by atoms with Crippen LogP contribution in [0.15, 0.2) is 91.0 Å². The Morgan fingerprint density at radius 3 is 1.73 bits per heavy atom. The lowest BCUT2D eigenvalue weighted by Gasteiger charge is -2.23. The molecular weight excluding hydrogens is 618 g/mol. The molecule has 3 N–H and O–H groups in total. The van der Waals surface area contributed by atoms with Crippen LogP contribution in [-0.4, -0.2) is 60.7 Å². The topological polar surface area (TPSA) is 158 Å². The van der Waals surface area contributed by atoms with E-state index < -0.39 is 54.1 Å². The predicted octanol–water partition coefficient (Wildman–Crippen LogP) is 3.96. The van der Waals surface area contributed by atoms with Gasteiger partial charge in [0.25, 0.3) is 0 Å². The quantitative estimate of drug-likeness (QED) is 0.144. The number of hydrogen-bond donors (Lipinski definition) is 3. The van der Waals surface area contributed by atoms with Crippen LogP contribution in [0.25, 0.3) is 0 Å². The fourth-order valence-electron chi connectivity index (χ4n) is 4.19. The number of amides is 3. The second kappa shape index (κ2) is 19.4. The van der Waals surface area contributed by atoms with E-state index in [9.17, 15) is 24.0 Å². The maximum atomic E-state index is 13.1. The first kappa shape index (κ1) is 37.2. The number of benzene rings is 3. The van der Waals surface area contributed by atoms with E-state index in [0.717, 1.165) is 16.7 Å². The molecule has 12 heteroatoms. The van der Waals surface area contributed by atoms with E-state index in [-0.39, 0.29) is 39.3 Å². The van der Waals surface area contributed by atoms with Gasteiger partial charge in [-0.05, 0) is 43.9 Å². The molecule has 0 aliphatic rings. The van der Waals surface area contributed by atoms with Crippen molar-refractivity contribution in [2.75, 3.05) is 13.2 Å². The molecule has 0 spiro atoms. The Morgan fingerprint density at radius 1 is 0.667 bits per heavy atom. The molecule has 0 heterocycles. The van der Waals surface area contributed by atoms with E-state index in [2.05, 4.69) is 16.0 Å². The monoisotopic (exact) mass is 661 g/mol. The molecule has 3 rings (SSSR count). The molecule has 0 saturated heterocycles. The summed E-state index contributed by atoms with van der Waals surface area (Å²) in [5.74, 6) is -2.75. The average Bonchev–Trinajstić information content (AvgIpc) is 3.07. The molecule has 3 amide bonds. The zero-order valence-electron chi connectivity index (χ0n) is 27.4. The first-order valence-corrected chi connectivity index (χ1v) is 15.6. The lowest BCUT2D eigenvalue weighted by atomic mass is 10.1. The molecule has 256 valence electrons. The van der Waals surface area contributed by atoms with Crippen molar-refractivity contribution in [1.82, 2.24) is 16.0 Å². The molecule has 0 aliphatic heterocycles. The summed E-state index contributed by atoms with van der Waals surface area (Å²) in [6.45, 7) is 4.51. The molecule has 0 aliphatic carbocycles. The highest BCUT2D eigenvalue weighted by Crippen LogP contribution is 2.09. The lowest BCUT2D eigenvalue weighted by molar-refractivity contribution is -0.150. The van der Waals surface area contributed by atoms with Crippen molar-refractivity contribution in [2.24, 2.45) is 0 Å². The van der Waals surface area contributed by atoms with Crippen molar-refractivity contribution in [3.05, 3.63) is 108 Å². The maximum absolute atomic E-state index is 13.1. The second-order valence-corrected chi connectivity index (χ2v) is 11.8. The van der Waals surface area contributed by atoms with Crippen LogP contribution in [0.5, 0.6) is 0 Å². The highest BCUT2D eigenvalue weighted by atomic mass is 16.6. The van der Waals surface area contributed by atoms with Crippen LogP contribution in [0.3, 0.4) is 0 Å². The van der Waals surface area contributed by atoms with Gasteiger partial charge in [-0.1, -0.05) is 91.0 Å². The first-order valence-electron chi connectivity index (χ1n) is 15.6. The van der Waals surface area contributed by atoms with Gasteiger partial charge in [-0.3, -0.25) is 14.4 Å². The Bertz CT molecular complexity index is 1460. The minimum atomic E-state index is -1.20. The van der Waals surface area contributed by atoms with Gasteiger partial charge in [0.15, 0.2) is 0 Å². The SMILES string of the molecule is CC(C)(C)OC(=O)N[C@H](COCc1ccccc1)C(=O)NCC(=O)N[C@H](CCC(=O)OCc1ccccc1)C(=O)OCc1ccccc1. The largest absolute Gasteiger partial charge is 0.461 e. The molecule has 0 unspecified atom stereocenters. The van der Waals surface area contributed by atoms with E-state index >= 15 is 0 Å².